The molecule has 1 rings (SSSR count). The summed E-state index contributed by atoms with van der Waals surface area (Å²) < 4.78 is 5.60. The zero-order valence-corrected chi connectivity index (χ0v) is 10.6. The third-order valence-corrected chi connectivity index (χ3v) is 2.77. The van der Waals surface area contributed by atoms with Crippen LogP contribution < -0.4 is 5.46 Å². The quantitative estimate of drug-likeness (QED) is 0.702. The van der Waals surface area contributed by atoms with Gasteiger partial charge >= 0.3 is 7.12 Å². The van der Waals surface area contributed by atoms with Crippen LogP contribution in [0.1, 0.15) is 32.3 Å². The van der Waals surface area contributed by atoms with Gasteiger partial charge in [-0.05, 0) is 23.4 Å². The van der Waals surface area contributed by atoms with Crippen molar-refractivity contribution in [1.29, 1.82) is 0 Å². The molecule has 94 valence electrons. The lowest BCUT2D eigenvalue weighted by Crippen LogP contribution is -2.33. The number of benzene rings is 1. The molecule has 1 aromatic carbocycles. The summed E-state index contributed by atoms with van der Waals surface area (Å²) >= 11 is 0. The van der Waals surface area contributed by atoms with Crippen LogP contribution in [-0.4, -0.2) is 23.8 Å². The van der Waals surface area contributed by atoms with Crippen molar-refractivity contribution in [2.75, 3.05) is 6.61 Å². The number of hydrogen-bond acceptors (Lipinski definition) is 3. The fourth-order valence-electron chi connectivity index (χ4n) is 1.86. The van der Waals surface area contributed by atoms with E-state index in [9.17, 15) is 10.0 Å². The lowest BCUT2D eigenvalue weighted by molar-refractivity contribution is 0.0897. The minimum atomic E-state index is -1.43. The Morgan fingerprint density at radius 1 is 1.29 bits per heavy atom. The number of rotatable bonds is 7. The molecular weight excluding hydrogens is 215 g/mol. The smallest absolute Gasteiger partial charge is 0.423 e. The highest BCUT2D eigenvalue weighted by Crippen LogP contribution is 2.07. The Kier molecular flexibility index (Phi) is 6.26. The van der Waals surface area contributed by atoms with Gasteiger partial charge in [0.15, 0.2) is 0 Å². The Bertz CT molecular complexity index is 328. The molecule has 17 heavy (non-hydrogen) atoms. The second-order valence-electron chi connectivity index (χ2n) is 4.48. The van der Waals surface area contributed by atoms with Gasteiger partial charge in [-0.3, -0.25) is 0 Å². The van der Waals surface area contributed by atoms with E-state index in [0.29, 0.717) is 24.6 Å². The fourth-order valence-corrected chi connectivity index (χ4v) is 1.86. The van der Waals surface area contributed by atoms with E-state index >= 15 is 0 Å². The van der Waals surface area contributed by atoms with Gasteiger partial charge in [-0.25, -0.2) is 0 Å². The molecule has 1 aromatic rings. The number of ether oxygens (including phenoxy) is 1. The second kappa shape index (κ2) is 7.48. The second-order valence-corrected chi connectivity index (χ2v) is 4.48. The highest BCUT2D eigenvalue weighted by molar-refractivity contribution is 6.59. The largest absolute Gasteiger partial charge is 0.488 e. The molecule has 2 N–H and O–H groups in total. The molecule has 0 saturated carbocycles. The van der Waals surface area contributed by atoms with Crippen molar-refractivity contribution >= 4 is 12.6 Å². The first-order valence-electron chi connectivity index (χ1n) is 6.16. The topological polar surface area (TPSA) is 49.7 Å². The van der Waals surface area contributed by atoms with Gasteiger partial charge in [0, 0.05) is 6.61 Å². The Balaban J connectivity index is 2.46. The molecule has 3 nitrogen and oxygen atoms in total. The van der Waals surface area contributed by atoms with Crippen LogP contribution in [0.2, 0.25) is 0 Å². The van der Waals surface area contributed by atoms with Crippen molar-refractivity contribution in [2.45, 2.75) is 33.3 Å². The first-order valence-corrected chi connectivity index (χ1v) is 6.16. The zero-order chi connectivity index (χ0) is 12.7. The Labute approximate surface area is 104 Å². The van der Waals surface area contributed by atoms with E-state index in [2.05, 4.69) is 13.8 Å². The van der Waals surface area contributed by atoms with Gasteiger partial charge in [0.05, 0.1) is 6.61 Å². The minimum Gasteiger partial charge on any atom is -0.423 e. The molecule has 0 radical (unpaired) electrons. The van der Waals surface area contributed by atoms with Crippen LogP contribution in [0.25, 0.3) is 0 Å². The van der Waals surface area contributed by atoms with Crippen LogP contribution in [0.3, 0.4) is 0 Å². The Hall–Kier alpha value is -0.835. The first kappa shape index (κ1) is 14.2. The summed E-state index contributed by atoms with van der Waals surface area (Å²) in [5.74, 6) is 0.547. The van der Waals surface area contributed by atoms with Gasteiger partial charge in [0.25, 0.3) is 0 Å². The summed E-state index contributed by atoms with van der Waals surface area (Å²) in [6.45, 7) is 5.47. The van der Waals surface area contributed by atoms with Gasteiger partial charge in [0.2, 0.25) is 0 Å². The monoisotopic (exact) mass is 236 g/mol. The van der Waals surface area contributed by atoms with Crippen molar-refractivity contribution in [3.63, 3.8) is 0 Å². The van der Waals surface area contributed by atoms with Gasteiger partial charge in [-0.2, -0.15) is 0 Å². The zero-order valence-electron chi connectivity index (χ0n) is 10.6. The summed E-state index contributed by atoms with van der Waals surface area (Å²) in [6, 6.07) is 7.23. The molecule has 0 aliphatic heterocycles. The van der Waals surface area contributed by atoms with Crippen LogP contribution in [0.5, 0.6) is 0 Å². The van der Waals surface area contributed by atoms with E-state index in [1.807, 2.05) is 12.1 Å². The number of hydrogen-bond donors (Lipinski definition) is 2. The maximum absolute atomic E-state index is 9.20. The molecule has 0 amide bonds. The molecule has 4 heteroatoms. The molecule has 0 fully saturated rings. The van der Waals surface area contributed by atoms with Crippen LogP contribution >= 0.6 is 0 Å². The van der Waals surface area contributed by atoms with Crippen molar-refractivity contribution < 1.29 is 14.8 Å². The SMILES string of the molecule is CCCC(C)COCc1ccccc1B(O)O. The average molecular weight is 236 g/mol. The molecule has 0 bridgehead atoms. The highest BCUT2D eigenvalue weighted by atomic mass is 16.5. The minimum absolute atomic E-state index is 0.432. The third kappa shape index (κ3) is 4.90. The van der Waals surface area contributed by atoms with Gasteiger partial charge < -0.3 is 14.8 Å². The van der Waals surface area contributed by atoms with E-state index in [1.54, 1.807) is 12.1 Å². The summed E-state index contributed by atoms with van der Waals surface area (Å²) in [4.78, 5) is 0. The fraction of sp³-hybridized carbons (Fsp3) is 0.538. The molecule has 0 saturated heterocycles. The van der Waals surface area contributed by atoms with Crippen LogP contribution in [0.15, 0.2) is 24.3 Å². The predicted octanol–water partition coefficient (Wildman–Crippen LogP) is 1.32. The molecule has 1 unspecified atom stereocenters. The van der Waals surface area contributed by atoms with Crippen molar-refractivity contribution in [2.24, 2.45) is 5.92 Å². The molecular formula is C13H21BO3. The lowest BCUT2D eigenvalue weighted by Gasteiger charge is -2.12. The summed E-state index contributed by atoms with van der Waals surface area (Å²) in [6.07, 6.45) is 2.32. The van der Waals surface area contributed by atoms with Crippen LogP contribution in [-0.2, 0) is 11.3 Å². The van der Waals surface area contributed by atoms with Gasteiger partial charge in [0.1, 0.15) is 0 Å². The van der Waals surface area contributed by atoms with E-state index in [1.165, 1.54) is 0 Å². The maximum Gasteiger partial charge on any atom is 0.488 e. The van der Waals surface area contributed by atoms with Crippen molar-refractivity contribution in [1.82, 2.24) is 0 Å². The van der Waals surface area contributed by atoms with Crippen LogP contribution in [0.4, 0.5) is 0 Å². The van der Waals surface area contributed by atoms with Crippen LogP contribution in [0, 0.1) is 5.92 Å². The summed E-state index contributed by atoms with van der Waals surface area (Å²) in [7, 11) is -1.43. The highest BCUT2D eigenvalue weighted by Gasteiger charge is 2.15. The summed E-state index contributed by atoms with van der Waals surface area (Å²) in [5, 5.41) is 18.4. The van der Waals surface area contributed by atoms with E-state index < -0.39 is 7.12 Å². The Morgan fingerprint density at radius 2 is 2.00 bits per heavy atom. The van der Waals surface area contributed by atoms with E-state index in [0.717, 1.165) is 18.4 Å². The molecule has 0 heterocycles. The normalized spacial score (nSPS) is 12.5. The molecule has 0 aliphatic carbocycles. The lowest BCUT2D eigenvalue weighted by atomic mass is 9.77. The van der Waals surface area contributed by atoms with E-state index in [4.69, 9.17) is 4.74 Å². The third-order valence-electron chi connectivity index (χ3n) is 2.77. The standard InChI is InChI=1S/C13H21BO3/c1-3-6-11(2)9-17-10-12-7-4-5-8-13(12)14(15)16/h4-5,7-8,11,15-16H,3,6,9-10H2,1-2H3. The summed E-state index contributed by atoms with van der Waals surface area (Å²) in [5.41, 5.74) is 1.36. The molecule has 0 aliphatic rings. The molecule has 0 aromatic heterocycles. The average Bonchev–Trinajstić information content (AvgIpc) is 2.30. The predicted molar refractivity (Wildman–Crippen MR) is 70.0 cm³/mol. The molecule has 0 spiro atoms. The van der Waals surface area contributed by atoms with E-state index in [-0.39, 0.29) is 0 Å². The maximum atomic E-state index is 9.20. The van der Waals surface area contributed by atoms with Crippen molar-refractivity contribution in [3.05, 3.63) is 29.8 Å². The Morgan fingerprint density at radius 3 is 2.65 bits per heavy atom. The molecule has 1 atom stereocenters. The van der Waals surface area contributed by atoms with Gasteiger partial charge in [-0.15, -0.1) is 0 Å². The van der Waals surface area contributed by atoms with Gasteiger partial charge in [-0.1, -0.05) is 44.5 Å². The van der Waals surface area contributed by atoms with Crippen molar-refractivity contribution in [3.8, 4) is 0 Å². The first-order chi connectivity index (χ1) is 8.15.